The van der Waals surface area contributed by atoms with Crippen molar-refractivity contribution in [2.75, 3.05) is 19.0 Å². The number of rotatable bonds is 7. The van der Waals surface area contributed by atoms with Gasteiger partial charge in [0.1, 0.15) is 0 Å². The van der Waals surface area contributed by atoms with Crippen LogP contribution in [0.15, 0.2) is 47.4 Å². The number of fused-ring (bicyclic) bond motifs is 1. The SMILES string of the molecule is CP(=O)(O)OP(=O)(O)OCCS(=O)(=O)c1ccc2ccccc2c1. The number of hydrogen-bond donors (Lipinski definition) is 2. The smallest absolute Gasteiger partial charge is 0.324 e. The van der Waals surface area contributed by atoms with Crippen molar-refractivity contribution in [1.82, 2.24) is 0 Å². The minimum Gasteiger partial charge on any atom is -0.324 e. The largest absolute Gasteiger partial charge is 0.479 e. The van der Waals surface area contributed by atoms with Gasteiger partial charge < -0.3 is 9.79 Å². The van der Waals surface area contributed by atoms with Gasteiger partial charge in [0.25, 0.3) is 0 Å². The highest BCUT2D eigenvalue weighted by Gasteiger charge is 2.30. The summed E-state index contributed by atoms with van der Waals surface area (Å²) in [5.41, 5.74) is 0. The minimum absolute atomic E-state index is 0.0433. The first-order chi connectivity index (χ1) is 11.0. The second-order valence-corrected chi connectivity index (χ2v) is 10.6. The Morgan fingerprint density at radius 2 is 1.67 bits per heavy atom. The average Bonchev–Trinajstić information content (AvgIpc) is 2.43. The van der Waals surface area contributed by atoms with E-state index < -0.39 is 37.6 Å². The summed E-state index contributed by atoms with van der Waals surface area (Å²) in [4.78, 5) is 18.2. The molecule has 0 amide bonds. The lowest BCUT2D eigenvalue weighted by molar-refractivity contribution is 0.206. The summed E-state index contributed by atoms with van der Waals surface area (Å²) >= 11 is 0. The molecule has 0 radical (unpaired) electrons. The van der Waals surface area contributed by atoms with E-state index in [-0.39, 0.29) is 4.90 Å². The van der Waals surface area contributed by atoms with Crippen LogP contribution in [0.4, 0.5) is 0 Å². The summed E-state index contributed by atoms with van der Waals surface area (Å²) in [7, 11) is -12.8. The van der Waals surface area contributed by atoms with Gasteiger partial charge in [0.2, 0.25) is 0 Å². The van der Waals surface area contributed by atoms with Gasteiger partial charge in [0.15, 0.2) is 9.84 Å². The van der Waals surface area contributed by atoms with E-state index in [1.54, 1.807) is 18.2 Å². The van der Waals surface area contributed by atoms with Crippen molar-refractivity contribution in [3.05, 3.63) is 42.5 Å². The van der Waals surface area contributed by atoms with Crippen LogP contribution in [0, 0.1) is 0 Å². The van der Waals surface area contributed by atoms with E-state index in [0.717, 1.165) is 10.8 Å². The van der Waals surface area contributed by atoms with Crippen LogP contribution < -0.4 is 0 Å². The van der Waals surface area contributed by atoms with Crippen molar-refractivity contribution in [2.24, 2.45) is 0 Å². The van der Waals surface area contributed by atoms with Gasteiger partial charge in [-0.05, 0) is 22.9 Å². The van der Waals surface area contributed by atoms with E-state index in [9.17, 15) is 22.4 Å². The van der Waals surface area contributed by atoms with Crippen molar-refractivity contribution < 1.29 is 36.2 Å². The van der Waals surface area contributed by atoms with Gasteiger partial charge in [-0.1, -0.05) is 30.3 Å². The quantitative estimate of drug-likeness (QED) is 0.686. The van der Waals surface area contributed by atoms with Crippen LogP contribution in [-0.2, 0) is 27.8 Å². The van der Waals surface area contributed by atoms with Gasteiger partial charge >= 0.3 is 15.4 Å². The van der Waals surface area contributed by atoms with Crippen LogP contribution in [0.2, 0.25) is 0 Å². The summed E-state index contributed by atoms with van der Waals surface area (Å²) in [5.74, 6) is -0.585. The maximum atomic E-state index is 12.3. The fraction of sp³-hybridized carbons (Fsp3) is 0.231. The first-order valence-electron chi connectivity index (χ1n) is 6.69. The van der Waals surface area contributed by atoms with E-state index >= 15 is 0 Å². The van der Waals surface area contributed by atoms with Gasteiger partial charge in [-0.2, -0.15) is 0 Å². The molecule has 2 atom stereocenters. The second kappa shape index (κ2) is 7.06. The van der Waals surface area contributed by atoms with Crippen LogP contribution in [-0.4, -0.2) is 37.2 Å². The van der Waals surface area contributed by atoms with E-state index in [1.807, 2.05) is 12.1 Å². The van der Waals surface area contributed by atoms with Crippen molar-refractivity contribution in [3.63, 3.8) is 0 Å². The zero-order chi connectivity index (χ0) is 18.0. The first kappa shape index (κ1) is 19.3. The molecule has 0 spiro atoms. The fourth-order valence-corrected chi connectivity index (χ4v) is 5.24. The van der Waals surface area contributed by atoms with E-state index in [2.05, 4.69) is 8.83 Å². The van der Waals surface area contributed by atoms with Crippen LogP contribution >= 0.6 is 15.4 Å². The number of sulfone groups is 1. The lowest BCUT2D eigenvalue weighted by Gasteiger charge is -2.13. The third kappa shape index (κ3) is 5.50. The predicted octanol–water partition coefficient (Wildman–Crippen LogP) is 2.56. The molecule has 2 aromatic rings. The third-order valence-electron chi connectivity index (χ3n) is 2.94. The van der Waals surface area contributed by atoms with Gasteiger partial charge in [-0.15, -0.1) is 0 Å². The van der Waals surface area contributed by atoms with E-state index in [0.29, 0.717) is 6.66 Å². The number of benzene rings is 2. The Balaban J connectivity index is 2.08. The zero-order valence-corrected chi connectivity index (χ0v) is 15.2. The molecule has 0 aliphatic heterocycles. The van der Waals surface area contributed by atoms with Crippen LogP contribution in [0.3, 0.4) is 0 Å². The maximum Gasteiger partial charge on any atom is 0.479 e. The van der Waals surface area contributed by atoms with Gasteiger partial charge in [0.05, 0.1) is 17.3 Å². The number of phosphoric acid groups is 1. The van der Waals surface area contributed by atoms with Crippen molar-refractivity contribution in [1.29, 1.82) is 0 Å². The van der Waals surface area contributed by atoms with Crippen LogP contribution in [0.25, 0.3) is 10.8 Å². The first-order valence-corrected chi connectivity index (χ1v) is 11.9. The normalized spacial score (nSPS) is 17.3. The Labute approximate surface area is 139 Å². The van der Waals surface area contributed by atoms with Crippen molar-refractivity contribution in [3.8, 4) is 0 Å². The Hall–Kier alpha value is -1.05. The molecule has 2 unspecified atom stereocenters. The van der Waals surface area contributed by atoms with Crippen molar-refractivity contribution in [2.45, 2.75) is 4.90 Å². The molecule has 0 aliphatic rings. The zero-order valence-electron chi connectivity index (χ0n) is 12.6. The Kier molecular flexibility index (Phi) is 5.67. The van der Waals surface area contributed by atoms with E-state index in [4.69, 9.17) is 4.89 Å². The molecule has 0 saturated carbocycles. The second-order valence-electron chi connectivity index (χ2n) is 5.01. The molecule has 8 nitrogen and oxygen atoms in total. The van der Waals surface area contributed by atoms with Gasteiger partial charge in [-0.3, -0.25) is 9.09 Å². The molecule has 0 aliphatic carbocycles. The molecule has 11 heteroatoms. The topological polar surface area (TPSA) is 127 Å². The fourth-order valence-electron chi connectivity index (χ4n) is 1.96. The van der Waals surface area contributed by atoms with E-state index in [1.165, 1.54) is 12.1 Å². The lowest BCUT2D eigenvalue weighted by atomic mass is 10.1. The molecule has 0 aromatic heterocycles. The third-order valence-corrected chi connectivity index (χ3v) is 7.16. The molecule has 2 N–H and O–H groups in total. The maximum absolute atomic E-state index is 12.3. The van der Waals surface area contributed by atoms with Crippen LogP contribution in [0.5, 0.6) is 0 Å². The number of phosphoric ester groups is 1. The monoisotopic (exact) mass is 394 g/mol. The molecular formula is C13H16O8P2S. The number of hydrogen-bond acceptors (Lipinski definition) is 6. The minimum atomic E-state index is -4.81. The highest BCUT2D eigenvalue weighted by molar-refractivity contribution is 7.91. The molecule has 24 heavy (non-hydrogen) atoms. The predicted molar refractivity (Wildman–Crippen MR) is 88.6 cm³/mol. The standard InChI is InChI=1S/C13H16O8P2S/c1-22(14,15)21-23(16,17)20-8-9-24(18,19)13-7-6-11-4-2-3-5-12(11)10-13/h2-7,10H,8-9H2,1H3,(H,14,15)(H,16,17). The lowest BCUT2D eigenvalue weighted by Crippen LogP contribution is -2.12. The molecule has 2 aromatic carbocycles. The average molecular weight is 394 g/mol. The Bertz CT molecular complexity index is 934. The molecule has 2 rings (SSSR count). The molecular weight excluding hydrogens is 378 g/mol. The summed E-state index contributed by atoms with van der Waals surface area (Å²) in [5, 5.41) is 1.62. The van der Waals surface area contributed by atoms with Crippen molar-refractivity contribution >= 4 is 36.0 Å². The Morgan fingerprint density at radius 3 is 2.29 bits per heavy atom. The summed E-state index contributed by atoms with van der Waals surface area (Å²) < 4.78 is 55.3. The van der Waals surface area contributed by atoms with Gasteiger partial charge in [-0.25, -0.2) is 17.3 Å². The highest BCUT2D eigenvalue weighted by atomic mass is 32.2. The summed E-state index contributed by atoms with van der Waals surface area (Å²) in [6, 6.07) is 11.8. The molecule has 0 bridgehead atoms. The molecule has 132 valence electrons. The highest BCUT2D eigenvalue weighted by Crippen LogP contribution is 2.57. The summed E-state index contributed by atoms with van der Waals surface area (Å²) in [6.07, 6.45) is 0. The van der Waals surface area contributed by atoms with Crippen LogP contribution in [0.1, 0.15) is 0 Å². The van der Waals surface area contributed by atoms with Gasteiger partial charge in [0, 0.05) is 6.66 Å². The molecule has 0 saturated heterocycles. The molecule has 0 heterocycles. The molecule has 0 fully saturated rings. The summed E-state index contributed by atoms with van der Waals surface area (Å²) in [6.45, 7) is 0.0496. The Morgan fingerprint density at radius 1 is 1.04 bits per heavy atom.